The molecule has 0 radical (unpaired) electrons. The van der Waals surface area contributed by atoms with Crippen molar-refractivity contribution < 1.29 is 26.3 Å². The fourth-order valence-electron chi connectivity index (χ4n) is 0.324. The quantitative estimate of drug-likeness (QED) is 0.107. The average Bonchev–Trinajstić information content (AvgIpc) is 2.11. The van der Waals surface area contributed by atoms with E-state index in [1.54, 1.807) is 14.1 Å². The monoisotopic (exact) mass is 303 g/mol. The van der Waals surface area contributed by atoms with E-state index in [1.807, 2.05) is 0 Å². The molecule has 12 heavy (non-hydrogen) atoms. The van der Waals surface area contributed by atoms with E-state index < -0.39 is 0 Å². The summed E-state index contributed by atoms with van der Waals surface area (Å²) in [6.45, 7) is 0. The summed E-state index contributed by atoms with van der Waals surface area (Å²) in [5.74, 6) is 0. The number of thiocarbonyl (C=S) groups is 1. The van der Waals surface area contributed by atoms with E-state index in [0.717, 1.165) is 4.55 Å². The molecular weight excluding hydrogens is 291 g/mol. The Balaban J connectivity index is 3.21. The number of alkyl halides is 1. The van der Waals surface area contributed by atoms with Gasteiger partial charge in [0, 0.05) is 0 Å². The molecule has 72 valence electrons. The molecule has 0 aliphatic carbocycles. The molecule has 0 spiro atoms. The van der Waals surface area contributed by atoms with E-state index in [-0.39, 0.29) is 27.5 Å². The molecule has 0 atom stereocenters. The molecule has 0 fully saturated rings. The third-order valence-electron chi connectivity index (χ3n) is 0.901. The summed E-state index contributed by atoms with van der Waals surface area (Å²) in [6, 6.07) is -0.139. The Bertz CT molecular complexity index is 148. The van der Waals surface area contributed by atoms with Crippen molar-refractivity contribution in [3.8, 4) is 0 Å². The van der Waals surface area contributed by atoms with Crippen LogP contribution in [0, 0.1) is 0 Å². The first kappa shape index (κ1) is 11.7. The van der Waals surface area contributed by atoms with Crippen LogP contribution >= 0.6 is 12.2 Å². The van der Waals surface area contributed by atoms with Gasteiger partial charge in [-0.15, -0.1) is 0 Å². The predicted octanol–water partition coefficient (Wildman–Crippen LogP) is -4.03. The van der Waals surface area contributed by atoms with Crippen molar-refractivity contribution >= 4 is 23.4 Å². The molecule has 0 aromatic rings. The zero-order chi connectivity index (χ0) is 9.40. The Morgan fingerprint density at radius 1 is 1.42 bits per heavy atom. The fourth-order valence-corrected chi connectivity index (χ4v) is 2.03. The predicted molar refractivity (Wildman–Crippen MR) is 47.3 cm³/mol. The molecule has 0 aliphatic heterocycles. The Hall–Kier alpha value is -0.310. The third-order valence-corrected chi connectivity index (χ3v) is 2.88. The van der Waals surface area contributed by atoms with Crippen LogP contribution in [0.5, 0.6) is 0 Å². The fraction of sp³-hybridized carbons (Fsp3) is 0.600. The van der Waals surface area contributed by atoms with E-state index in [0.29, 0.717) is 5.11 Å². The SMILES string of the molecule is CNC(=O)N[I-]CNC(=S)NC. The van der Waals surface area contributed by atoms with Crippen LogP contribution < -0.4 is 41.0 Å². The third kappa shape index (κ3) is 6.40. The van der Waals surface area contributed by atoms with Gasteiger partial charge in [-0.25, -0.2) is 0 Å². The van der Waals surface area contributed by atoms with Gasteiger partial charge in [0.1, 0.15) is 0 Å². The Morgan fingerprint density at radius 2 is 2.08 bits per heavy atom. The van der Waals surface area contributed by atoms with Gasteiger partial charge in [-0.2, -0.15) is 0 Å². The summed E-state index contributed by atoms with van der Waals surface area (Å²) >= 11 is 4.47. The normalized spacial score (nSPS) is 8.83. The maximum atomic E-state index is 10.7. The van der Waals surface area contributed by atoms with Crippen molar-refractivity contribution in [2.75, 3.05) is 18.6 Å². The second kappa shape index (κ2) is 7.35. The first-order valence-corrected chi connectivity index (χ1v) is 6.23. The van der Waals surface area contributed by atoms with Crippen molar-refractivity contribution in [2.45, 2.75) is 0 Å². The maximum absolute atomic E-state index is 10.7. The van der Waals surface area contributed by atoms with Gasteiger partial charge in [0.15, 0.2) is 0 Å². The molecule has 4 N–H and O–H groups in total. The van der Waals surface area contributed by atoms with Crippen LogP contribution in [0.3, 0.4) is 0 Å². The van der Waals surface area contributed by atoms with Gasteiger partial charge in [-0.3, -0.25) is 0 Å². The number of nitrogens with one attached hydrogen (secondary N) is 4. The molecule has 0 aromatic carbocycles. The molecule has 0 bridgehead atoms. The first-order valence-electron chi connectivity index (χ1n) is 3.22. The van der Waals surface area contributed by atoms with Crippen LogP contribution in [-0.2, 0) is 0 Å². The van der Waals surface area contributed by atoms with Gasteiger partial charge in [-0.05, 0) is 0 Å². The van der Waals surface area contributed by atoms with E-state index >= 15 is 0 Å². The molecule has 0 saturated heterocycles. The minimum atomic E-state index is -0.362. The Kier molecular flexibility index (Phi) is 7.16. The van der Waals surface area contributed by atoms with Crippen LogP contribution in [0.2, 0.25) is 0 Å². The molecule has 0 heterocycles. The first-order chi connectivity index (χ1) is 5.70. The number of carbonyl (C=O) groups is 1. The molecule has 2 amide bonds. The van der Waals surface area contributed by atoms with Crippen molar-refractivity contribution in [2.24, 2.45) is 0 Å². The van der Waals surface area contributed by atoms with Crippen LogP contribution in [0.25, 0.3) is 0 Å². The molecule has 0 aromatic heterocycles. The van der Waals surface area contributed by atoms with Gasteiger partial charge in [0.2, 0.25) is 0 Å². The molecular formula is C5H12IN4OS-. The standard InChI is InChI=1S/C5H12IN4OS/c1-7-4(11)10-6-3-9-5(12)8-2/h3H2,1-2H3,(H2,7,10,11)(H2,8,9,12)/q-1. The molecule has 0 saturated carbocycles. The molecule has 5 nitrogen and oxygen atoms in total. The topological polar surface area (TPSA) is 65.2 Å². The van der Waals surface area contributed by atoms with Gasteiger partial charge in [0.05, 0.1) is 0 Å². The summed E-state index contributed by atoms with van der Waals surface area (Å²) < 4.78 is 3.45. The number of carbonyl (C=O) groups excluding carboxylic acids is 1. The number of urea groups is 1. The second-order valence-electron chi connectivity index (χ2n) is 1.70. The Morgan fingerprint density at radius 3 is 2.58 bits per heavy atom. The molecule has 0 aliphatic rings. The van der Waals surface area contributed by atoms with Crippen molar-refractivity contribution in [3.05, 3.63) is 0 Å². The molecule has 7 heteroatoms. The van der Waals surface area contributed by atoms with Crippen molar-refractivity contribution in [1.82, 2.24) is 19.5 Å². The molecule has 0 unspecified atom stereocenters. The zero-order valence-corrected chi connectivity index (χ0v) is 9.88. The minimum absolute atomic E-state index is 0.139. The summed E-state index contributed by atoms with van der Waals surface area (Å²) in [6.07, 6.45) is 0. The number of rotatable bonds is 3. The number of hydrogen-bond acceptors (Lipinski definition) is 2. The summed E-state index contributed by atoms with van der Waals surface area (Å²) in [4.78, 5) is 10.7. The second-order valence-corrected chi connectivity index (χ2v) is 4.17. The average molecular weight is 303 g/mol. The van der Waals surface area contributed by atoms with Crippen molar-refractivity contribution in [1.29, 1.82) is 0 Å². The van der Waals surface area contributed by atoms with Crippen LogP contribution in [0.1, 0.15) is 0 Å². The Labute approximate surface area is 87.7 Å². The van der Waals surface area contributed by atoms with Gasteiger partial charge in [0.25, 0.3) is 0 Å². The van der Waals surface area contributed by atoms with Crippen LogP contribution in [-0.4, -0.2) is 29.8 Å². The number of hydrogen-bond donors (Lipinski definition) is 4. The summed E-state index contributed by atoms with van der Waals surface area (Å²) in [5.41, 5.74) is 0. The van der Waals surface area contributed by atoms with Gasteiger partial charge >= 0.3 is 87.8 Å². The van der Waals surface area contributed by atoms with E-state index in [2.05, 4.69) is 19.5 Å². The van der Waals surface area contributed by atoms with Gasteiger partial charge in [-0.1, -0.05) is 0 Å². The van der Waals surface area contributed by atoms with Crippen LogP contribution in [0.15, 0.2) is 0 Å². The molecule has 0 rings (SSSR count). The summed E-state index contributed by atoms with van der Waals surface area (Å²) in [5, 5.41) is 8.79. The van der Waals surface area contributed by atoms with Crippen LogP contribution in [0.4, 0.5) is 4.79 Å². The van der Waals surface area contributed by atoms with Crippen molar-refractivity contribution in [3.63, 3.8) is 0 Å². The summed E-state index contributed by atoms with van der Waals surface area (Å²) in [7, 11) is 3.34. The van der Waals surface area contributed by atoms with E-state index in [1.165, 1.54) is 0 Å². The van der Waals surface area contributed by atoms with Gasteiger partial charge < -0.3 is 0 Å². The number of amides is 2. The zero-order valence-electron chi connectivity index (χ0n) is 6.90. The number of halogens is 1. The van der Waals surface area contributed by atoms with E-state index in [4.69, 9.17) is 12.2 Å². The van der Waals surface area contributed by atoms with E-state index in [9.17, 15) is 4.79 Å².